The Balaban J connectivity index is 2.38. The Bertz CT molecular complexity index is 798. The molecule has 0 spiro atoms. The van der Waals surface area contributed by atoms with E-state index in [9.17, 15) is 14.0 Å². The van der Waals surface area contributed by atoms with Crippen LogP contribution in [-0.4, -0.2) is 28.3 Å². The van der Waals surface area contributed by atoms with Crippen LogP contribution in [0.25, 0.3) is 0 Å². The minimum atomic E-state index is -0.652. The van der Waals surface area contributed by atoms with Gasteiger partial charge in [-0.1, -0.05) is 49.4 Å². The SMILES string of the molecule is CCCC(=O)N(Cc1ccc(F)cc1)[C@@H](Cc1ccccc1)C(=O)NC(C)(C)C. The second-order valence-corrected chi connectivity index (χ2v) is 8.34. The third kappa shape index (κ3) is 7.33. The molecule has 0 aliphatic rings. The van der Waals surface area contributed by atoms with Gasteiger partial charge in [0.15, 0.2) is 0 Å². The highest BCUT2D eigenvalue weighted by Crippen LogP contribution is 2.17. The first-order valence-electron chi connectivity index (χ1n) is 10.1. The molecule has 4 nitrogen and oxygen atoms in total. The molecule has 2 aromatic rings. The van der Waals surface area contributed by atoms with Crippen molar-refractivity contribution in [3.63, 3.8) is 0 Å². The molecule has 5 heteroatoms. The molecule has 1 N–H and O–H groups in total. The topological polar surface area (TPSA) is 49.4 Å². The molecule has 0 fully saturated rings. The molecule has 2 aromatic carbocycles. The highest BCUT2D eigenvalue weighted by molar-refractivity contribution is 5.88. The molecule has 2 rings (SSSR count). The van der Waals surface area contributed by atoms with Crippen molar-refractivity contribution in [3.8, 4) is 0 Å². The van der Waals surface area contributed by atoms with Crippen LogP contribution >= 0.6 is 0 Å². The second kappa shape index (κ2) is 10.2. The van der Waals surface area contributed by atoms with Crippen molar-refractivity contribution in [2.75, 3.05) is 0 Å². The molecule has 0 saturated carbocycles. The molecule has 0 aliphatic heterocycles. The molecule has 0 aromatic heterocycles. The maximum absolute atomic E-state index is 13.3. The zero-order valence-corrected chi connectivity index (χ0v) is 17.7. The smallest absolute Gasteiger partial charge is 0.243 e. The van der Waals surface area contributed by atoms with Crippen LogP contribution in [0.15, 0.2) is 54.6 Å². The van der Waals surface area contributed by atoms with Crippen molar-refractivity contribution in [1.29, 1.82) is 0 Å². The van der Waals surface area contributed by atoms with Crippen LogP contribution in [0, 0.1) is 5.82 Å². The van der Waals surface area contributed by atoms with Crippen LogP contribution in [0.5, 0.6) is 0 Å². The third-order valence-electron chi connectivity index (χ3n) is 4.50. The number of nitrogens with zero attached hydrogens (tertiary/aromatic N) is 1. The van der Waals surface area contributed by atoms with Gasteiger partial charge in [-0.15, -0.1) is 0 Å². The van der Waals surface area contributed by atoms with E-state index >= 15 is 0 Å². The van der Waals surface area contributed by atoms with E-state index in [1.807, 2.05) is 58.0 Å². The van der Waals surface area contributed by atoms with E-state index in [2.05, 4.69) is 5.32 Å². The summed E-state index contributed by atoms with van der Waals surface area (Å²) in [5, 5.41) is 3.02. The van der Waals surface area contributed by atoms with Gasteiger partial charge < -0.3 is 10.2 Å². The maximum atomic E-state index is 13.3. The highest BCUT2D eigenvalue weighted by atomic mass is 19.1. The number of carbonyl (C=O) groups is 2. The molecular formula is C24H31FN2O2. The summed E-state index contributed by atoms with van der Waals surface area (Å²) in [7, 11) is 0. The molecule has 1 atom stereocenters. The molecular weight excluding hydrogens is 367 g/mol. The molecule has 0 bridgehead atoms. The largest absolute Gasteiger partial charge is 0.350 e. The Morgan fingerprint density at radius 2 is 1.62 bits per heavy atom. The molecule has 0 aliphatic carbocycles. The van der Waals surface area contributed by atoms with Gasteiger partial charge in [0.25, 0.3) is 0 Å². The van der Waals surface area contributed by atoms with Gasteiger partial charge in [-0.3, -0.25) is 9.59 Å². The minimum Gasteiger partial charge on any atom is -0.350 e. The summed E-state index contributed by atoms with van der Waals surface area (Å²) >= 11 is 0. The van der Waals surface area contributed by atoms with Crippen molar-refractivity contribution in [1.82, 2.24) is 10.2 Å². The van der Waals surface area contributed by atoms with Gasteiger partial charge in [0.05, 0.1) is 0 Å². The van der Waals surface area contributed by atoms with Crippen molar-refractivity contribution < 1.29 is 14.0 Å². The van der Waals surface area contributed by atoms with E-state index in [0.717, 1.165) is 11.1 Å². The number of rotatable bonds is 8. The number of hydrogen-bond donors (Lipinski definition) is 1. The van der Waals surface area contributed by atoms with Gasteiger partial charge in [0, 0.05) is 24.9 Å². The predicted molar refractivity (Wildman–Crippen MR) is 114 cm³/mol. The lowest BCUT2D eigenvalue weighted by molar-refractivity contribution is -0.142. The van der Waals surface area contributed by atoms with Gasteiger partial charge in [0.2, 0.25) is 11.8 Å². The summed E-state index contributed by atoms with van der Waals surface area (Å²) < 4.78 is 13.3. The normalized spacial score (nSPS) is 12.3. The number of hydrogen-bond acceptors (Lipinski definition) is 2. The lowest BCUT2D eigenvalue weighted by Gasteiger charge is -2.34. The summed E-state index contributed by atoms with van der Waals surface area (Å²) in [6.07, 6.45) is 1.46. The fourth-order valence-corrected chi connectivity index (χ4v) is 3.15. The van der Waals surface area contributed by atoms with Crippen molar-refractivity contribution in [3.05, 3.63) is 71.5 Å². The average Bonchev–Trinajstić information content (AvgIpc) is 2.65. The fourth-order valence-electron chi connectivity index (χ4n) is 3.15. The summed E-state index contributed by atoms with van der Waals surface area (Å²) in [6.45, 7) is 7.96. The standard InChI is InChI=1S/C24H31FN2O2/c1-5-9-22(28)27(17-19-12-14-20(25)15-13-19)21(23(29)26-24(2,3)4)16-18-10-7-6-8-11-18/h6-8,10-15,21H,5,9,16-17H2,1-4H3,(H,26,29)/t21-/m0/s1. The first kappa shape index (κ1) is 22.6. The lowest BCUT2D eigenvalue weighted by Crippen LogP contribution is -2.54. The second-order valence-electron chi connectivity index (χ2n) is 8.34. The first-order chi connectivity index (χ1) is 13.7. The van der Waals surface area contributed by atoms with Crippen LogP contribution in [0.2, 0.25) is 0 Å². The van der Waals surface area contributed by atoms with Crippen LogP contribution < -0.4 is 5.32 Å². The number of halogens is 1. The molecule has 0 unspecified atom stereocenters. The molecule has 2 amide bonds. The van der Waals surface area contributed by atoms with E-state index in [0.29, 0.717) is 19.3 Å². The molecule has 0 saturated heterocycles. The van der Waals surface area contributed by atoms with Crippen LogP contribution in [0.3, 0.4) is 0 Å². The van der Waals surface area contributed by atoms with Gasteiger partial charge in [-0.2, -0.15) is 0 Å². The van der Waals surface area contributed by atoms with Crippen LogP contribution in [0.1, 0.15) is 51.7 Å². The summed E-state index contributed by atoms with van der Waals surface area (Å²) in [5.74, 6) is -0.596. The van der Waals surface area contributed by atoms with E-state index in [-0.39, 0.29) is 24.2 Å². The Kier molecular flexibility index (Phi) is 7.94. The Labute approximate surface area is 173 Å². The summed E-state index contributed by atoms with van der Waals surface area (Å²) in [5.41, 5.74) is 1.36. The molecule has 29 heavy (non-hydrogen) atoms. The van der Waals surface area contributed by atoms with E-state index < -0.39 is 11.6 Å². The third-order valence-corrected chi connectivity index (χ3v) is 4.50. The number of amides is 2. The Morgan fingerprint density at radius 3 is 2.17 bits per heavy atom. The monoisotopic (exact) mass is 398 g/mol. The molecule has 156 valence electrons. The van der Waals surface area contributed by atoms with Gasteiger partial charge in [-0.05, 0) is 50.5 Å². The number of benzene rings is 2. The van der Waals surface area contributed by atoms with Gasteiger partial charge >= 0.3 is 0 Å². The fraction of sp³-hybridized carbons (Fsp3) is 0.417. The van der Waals surface area contributed by atoms with E-state index in [1.165, 1.54) is 12.1 Å². The zero-order valence-electron chi connectivity index (χ0n) is 17.7. The van der Waals surface area contributed by atoms with Gasteiger partial charge in [-0.25, -0.2) is 4.39 Å². The summed E-state index contributed by atoms with van der Waals surface area (Å²) in [6, 6.07) is 15.1. The van der Waals surface area contributed by atoms with Crippen LogP contribution in [-0.2, 0) is 22.6 Å². The van der Waals surface area contributed by atoms with Crippen molar-refractivity contribution in [2.24, 2.45) is 0 Å². The zero-order chi connectivity index (χ0) is 21.4. The number of nitrogens with one attached hydrogen (secondary N) is 1. The predicted octanol–water partition coefficient (Wildman–Crippen LogP) is 4.48. The van der Waals surface area contributed by atoms with E-state index in [4.69, 9.17) is 0 Å². The molecule has 0 heterocycles. The van der Waals surface area contributed by atoms with Crippen molar-refractivity contribution >= 4 is 11.8 Å². The van der Waals surface area contributed by atoms with Crippen LogP contribution in [0.4, 0.5) is 4.39 Å². The number of carbonyl (C=O) groups excluding carboxylic acids is 2. The van der Waals surface area contributed by atoms with Crippen molar-refractivity contribution in [2.45, 2.75) is 65.1 Å². The quantitative estimate of drug-likeness (QED) is 0.713. The lowest BCUT2D eigenvalue weighted by atomic mass is 10.00. The highest BCUT2D eigenvalue weighted by Gasteiger charge is 2.31. The first-order valence-corrected chi connectivity index (χ1v) is 10.1. The Morgan fingerprint density at radius 1 is 1.00 bits per heavy atom. The molecule has 0 radical (unpaired) electrons. The van der Waals surface area contributed by atoms with E-state index in [1.54, 1.807) is 17.0 Å². The van der Waals surface area contributed by atoms with Gasteiger partial charge in [0.1, 0.15) is 11.9 Å². The average molecular weight is 399 g/mol. The minimum absolute atomic E-state index is 0.0817. The summed E-state index contributed by atoms with van der Waals surface area (Å²) in [4.78, 5) is 27.8. The Hall–Kier alpha value is -2.69. The maximum Gasteiger partial charge on any atom is 0.243 e.